The van der Waals surface area contributed by atoms with Crippen molar-refractivity contribution in [3.63, 3.8) is 0 Å². The van der Waals surface area contributed by atoms with E-state index in [1.165, 1.54) is 0 Å². The van der Waals surface area contributed by atoms with Crippen molar-refractivity contribution in [1.29, 1.82) is 0 Å². The van der Waals surface area contributed by atoms with Gasteiger partial charge in [-0.05, 0) is 58.2 Å². The Morgan fingerprint density at radius 2 is 1.73 bits per heavy atom. The molecule has 1 aliphatic heterocycles. The maximum Gasteiger partial charge on any atom is 0.410 e. The maximum atomic E-state index is 12.4. The van der Waals surface area contributed by atoms with Crippen LogP contribution in [0, 0.1) is 0 Å². The van der Waals surface area contributed by atoms with E-state index in [2.05, 4.69) is 33.9 Å². The Morgan fingerprint density at radius 1 is 1.14 bits per heavy atom. The highest BCUT2D eigenvalue weighted by atomic mass is 28.4. The summed E-state index contributed by atoms with van der Waals surface area (Å²) < 4.78 is 11.9. The molecule has 0 N–H and O–H groups in total. The molecule has 1 heterocycles. The fourth-order valence-corrected chi connectivity index (χ4v) is 3.30. The Hall–Kier alpha value is -0.553. The van der Waals surface area contributed by atoms with Gasteiger partial charge in [0.15, 0.2) is 8.32 Å². The third-order valence-electron chi connectivity index (χ3n) is 4.70. The van der Waals surface area contributed by atoms with Crippen LogP contribution >= 0.6 is 0 Å². The minimum Gasteiger partial charge on any atom is -0.444 e. The van der Waals surface area contributed by atoms with Gasteiger partial charge in [-0.3, -0.25) is 0 Å². The molecule has 1 aliphatic rings. The zero-order valence-electron chi connectivity index (χ0n) is 15.8. The van der Waals surface area contributed by atoms with Crippen molar-refractivity contribution in [2.45, 2.75) is 90.6 Å². The van der Waals surface area contributed by atoms with Crippen molar-refractivity contribution >= 4 is 14.4 Å². The van der Waals surface area contributed by atoms with Crippen molar-refractivity contribution in [2.24, 2.45) is 0 Å². The molecule has 0 aromatic rings. The van der Waals surface area contributed by atoms with Crippen LogP contribution in [-0.2, 0) is 9.16 Å². The van der Waals surface area contributed by atoms with E-state index in [0.717, 1.165) is 25.8 Å². The molecular weight excluding hydrogens is 294 g/mol. The van der Waals surface area contributed by atoms with Crippen molar-refractivity contribution in [2.75, 3.05) is 13.2 Å². The maximum absolute atomic E-state index is 12.4. The molecule has 0 bridgehead atoms. The first kappa shape index (κ1) is 19.5. The molecule has 22 heavy (non-hydrogen) atoms. The predicted molar refractivity (Wildman–Crippen MR) is 93.7 cm³/mol. The van der Waals surface area contributed by atoms with Crippen LogP contribution in [0.3, 0.4) is 0 Å². The number of carbonyl (C=O) groups is 1. The number of likely N-dealkylation sites (tertiary alicyclic amines) is 1. The smallest absolute Gasteiger partial charge is 0.410 e. The molecule has 0 unspecified atom stereocenters. The summed E-state index contributed by atoms with van der Waals surface area (Å²) in [6.45, 7) is 18.4. The Kier molecular flexibility index (Phi) is 6.12. The highest BCUT2D eigenvalue weighted by molar-refractivity contribution is 6.74. The van der Waals surface area contributed by atoms with E-state index in [1.54, 1.807) is 0 Å². The van der Waals surface area contributed by atoms with Crippen LogP contribution < -0.4 is 0 Å². The van der Waals surface area contributed by atoms with Crippen LogP contribution in [0.1, 0.15) is 60.8 Å². The first-order chi connectivity index (χ1) is 9.83. The monoisotopic (exact) mass is 329 g/mol. The Labute approximate surface area is 137 Å². The van der Waals surface area contributed by atoms with Gasteiger partial charge in [0.2, 0.25) is 0 Å². The molecule has 1 saturated heterocycles. The number of ether oxygens (including phenoxy) is 1. The number of hydrogen-bond acceptors (Lipinski definition) is 3. The number of nitrogens with zero attached hydrogens (tertiary/aromatic N) is 1. The van der Waals surface area contributed by atoms with E-state index in [4.69, 9.17) is 9.16 Å². The van der Waals surface area contributed by atoms with E-state index in [0.29, 0.717) is 6.61 Å². The molecule has 1 fully saturated rings. The zero-order chi connectivity index (χ0) is 17.2. The number of hydrogen-bond donors (Lipinski definition) is 0. The normalized spacial score (nSPS) is 20.9. The third kappa shape index (κ3) is 5.58. The van der Waals surface area contributed by atoms with Crippen molar-refractivity contribution in [3.8, 4) is 0 Å². The lowest BCUT2D eigenvalue weighted by molar-refractivity contribution is 0.00273. The highest BCUT2D eigenvalue weighted by Gasteiger charge is 2.39. The summed E-state index contributed by atoms with van der Waals surface area (Å²) in [5.41, 5.74) is -0.445. The molecule has 5 heteroatoms. The van der Waals surface area contributed by atoms with Crippen molar-refractivity contribution < 1.29 is 14.0 Å². The molecule has 1 atom stereocenters. The summed E-state index contributed by atoms with van der Waals surface area (Å²) in [6, 6.07) is 0.151. The van der Waals surface area contributed by atoms with Gasteiger partial charge in [0.25, 0.3) is 0 Å². The minimum atomic E-state index is -1.78. The van der Waals surface area contributed by atoms with E-state index in [9.17, 15) is 4.79 Å². The molecule has 130 valence electrons. The standard InChI is InChI=1S/C17H35NO3Si/c1-16(2,3)21-15(19)18-12-10-9-11-14(18)13-20-22(7,8)17(4,5)6/h14H,9-13H2,1-8H3/t14-/m0/s1. The second-order valence-corrected chi connectivity index (χ2v) is 13.7. The summed E-state index contributed by atoms with van der Waals surface area (Å²) in [5.74, 6) is 0. The molecule has 1 amide bonds. The minimum absolute atomic E-state index is 0.151. The average molecular weight is 330 g/mol. The summed E-state index contributed by atoms with van der Waals surface area (Å²) >= 11 is 0. The Bertz CT molecular complexity index is 382. The van der Waals surface area contributed by atoms with E-state index in [1.807, 2.05) is 25.7 Å². The molecule has 0 saturated carbocycles. The van der Waals surface area contributed by atoms with Gasteiger partial charge in [-0.25, -0.2) is 4.79 Å². The van der Waals surface area contributed by atoms with E-state index in [-0.39, 0.29) is 17.2 Å². The van der Waals surface area contributed by atoms with Crippen LogP contribution in [0.25, 0.3) is 0 Å². The third-order valence-corrected chi connectivity index (χ3v) is 9.20. The lowest BCUT2D eigenvalue weighted by Gasteiger charge is -2.41. The summed E-state index contributed by atoms with van der Waals surface area (Å²) in [5, 5.41) is 0.193. The van der Waals surface area contributed by atoms with Gasteiger partial charge >= 0.3 is 6.09 Å². The number of amides is 1. The molecule has 0 radical (unpaired) electrons. The van der Waals surface area contributed by atoms with Gasteiger partial charge in [-0.2, -0.15) is 0 Å². The van der Waals surface area contributed by atoms with Crippen LogP contribution in [-0.4, -0.2) is 44.1 Å². The van der Waals surface area contributed by atoms with Crippen LogP contribution in [0.4, 0.5) is 4.79 Å². The van der Waals surface area contributed by atoms with Gasteiger partial charge in [-0.15, -0.1) is 0 Å². The second-order valence-electron chi connectivity index (χ2n) is 8.89. The molecule has 0 aromatic heterocycles. The number of piperidine rings is 1. The number of rotatable bonds is 3. The van der Waals surface area contributed by atoms with Gasteiger partial charge in [0.05, 0.1) is 12.6 Å². The molecular formula is C17H35NO3Si. The Morgan fingerprint density at radius 3 is 2.23 bits per heavy atom. The van der Waals surface area contributed by atoms with E-state index < -0.39 is 13.9 Å². The number of carbonyl (C=O) groups excluding carboxylic acids is 1. The Balaban J connectivity index is 2.68. The first-order valence-electron chi connectivity index (χ1n) is 8.47. The quantitative estimate of drug-likeness (QED) is 0.698. The SMILES string of the molecule is CC(C)(C)OC(=O)N1CCCC[C@H]1CO[Si](C)(C)C(C)(C)C. The summed E-state index contributed by atoms with van der Waals surface area (Å²) in [4.78, 5) is 14.3. The van der Waals surface area contributed by atoms with Gasteiger partial charge < -0.3 is 14.1 Å². The first-order valence-corrected chi connectivity index (χ1v) is 11.4. The van der Waals surface area contributed by atoms with Crippen molar-refractivity contribution in [1.82, 2.24) is 4.90 Å². The van der Waals surface area contributed by atoms with Crippen LogP contribution in [0.2, 0.25) is 18.1 Å². The molecule has 0 spiro atoms. The summed E-state index contributed by atoms with van der Waals surface area (Å²) in [7, 11) is -1.78. The molecule has 4 nitrogen and oxygen atoms in total. The lowest BCUT2D eigenvalue weighted by Crippen LogP contribution is -2.51. The summed E-state index contributed by atoms with van der Waals surface area (Å²) in [6.07, 6.45) is 3.02. The highest BCUT2D eigenvalue weighted by Crippen LogP contribution is 2.37. The van der Waals surface area contributed by atoms with Gasteiger partial charge in [-0.1, -0.05) is 20.8 Å². The fourth-order valence-electron chi connectivity index (χ4n) is 2.26. The largest absolute Gasteiger partial charge is 0.444 e. The topological polar surface area (TPSA) is 38.8 Å². The molecule has 0 aromatic carbocycles. The predicted octanol–water partition coefficient (Wildman–Crippen LogP) is 4.80. The zero-order valence-corrected chi connectivity index (χ0v) is 16.8. The van der Waals surface area contributed by atoms with Crippen molar-refractivity contribution in [3.05, 3.63) is 0 Å². The van der Waals surface area contributed by atoms with E-state index >= 15 is 0 Å². The second kappa shape index (κ2) is 6.91. The van der Waals surface area contributed by atoms with Gasteiger partial charge in [0.1, 0.15) is 5.60 Å². The fraction of sp³-hybridized carbons (Fsp3) is 0.941. The van der Waals surface area contributed by atoms with Gasteiger partial charge in [0, 0.05) is 6.54 Å². The molecule has 1 rings (SSSR count). The van der Waals surface area contributed by atoms with Crippen LogP contribution in [0.15, 0.2) is 0 Å². The molecule has 0 aliphatic carbocycles. The lowest BCUT2D eigenvalue weighted by atomic mass is 10.0. The van der Waals surface area contributed by atoms with Crippen LogP contribution in [0.5, 0.6) is 0 Å². The average Bonchev–Trinajstić information content (AvgIpc) is 2.33.